The van der Waals surface area contributed by atoms with E-state index in [2.05, 4.69) is 127 Å². The molecule has 326 valence electrons. The first-order valence-electron chi connectivity index (χ1n) is 20.6. The van der Waals surface area contributed by atoms with Crippen LogP contribution in [0.3, 0.4) is 0 Å². The predicted octanol–water partition coefficient (Wildman–Crippen LogP) is 8.60. The summed E-state index contributed by atoms with van der Waals surface area (Å²) in [6.07, 6.45) is 3.73. The van der Waals surface area contributed by atoms with Gasteiger partial charge in [-0.25, -0.2) is 9.48 Å². The summed E-state index contributed by atoms with van der Waals surface area (Å²) in [4.78, 5) is 31.4. The minimum absolute atomic E-state index is 0.0732. The number of esters is 1. The number of methoxy groups -OCH3 is 2. The molecule has 2 aliphatic rings. The topological polar surface area (TPSA) is 181 Å². The van der Waals surface area contributed by atoms with E-state index in [0.29, 0.717) is 5.92 Å². The summed E-state index contributed by atoms with van der Waals surface area (Å²) in [7, 11) is -5.23. The first-order chi connectivity index (χ1) is 26.0. The Labute approximate surface area is 345 Å². The monoisotopic (exact) mass is 853 g/mol. The van der Waals surface area contributed by atoms with Crippen LogP contribution in [0, 0.1) is 0 Å². The summed E-state index contributed by atoms with van der Waals surface area (Å²) >= 11 is 0. The molecule has 4 unspecified atom stereocenters. The number of rotatable bonds is 16. The second-order valence-corrected chi connectivity index (χ2v) is 34.9. The summed E-state index contributed by atoms with van der Waals surface area (Å²) in [5, 5.41) is 15.4. The molecule has 57 heavy (non-hydrogen) atoms. The van der Waals surface area contributed by atoms with E-state index in [1.807, 2.05) is 6.20 Å². The van der Waals surface area contributed by atoms with Gasteiger partial charge >= 0.3 is 5.97 Å². The molecule has 0 radical (unpaired) electrons. The van der Waals surface area contributed by atoms with Gasteiger partial charge in [-0.15, -0.1) is 5.10 Å². The molecule has 1 saturated heterocycles. The molecule has 15 nitrogen and oxygen atoms in total. The van der Waals surface area contributed by atoms with Crippen molar-refractivity contribution >= 4 is 36.8 Å². The molecule has 3 rings (SSSR count). The fraction of sp³-hybridized carbons (Fsp3) is 0.897. The third-order valence-corrected chi connectivity index (χ3v) is 26.8. The van der Waals surface area contributed by atoms with Crippen molar-refractivity contribution in [1.29, 1.82) is 0 Å². The summed E-state index contributed by atoms with van der Waals surface area (Å²) in [6.45, 7) is 31.7. The third kappa shape index (κ3) is 12.0. The second kappa shape index (κ2) is 18.6. The Kier molecular flexibility index (Phi) is 16.1. The van der Waals surface area contributed by atoms with E-state index in [1.54, 1.807) is 4.68 Å². The number of aromatic nitrogens is 3. The standard InChI is InChI=1S/C39H75N7O8Si3/c1-36(2,3)55(12,13)52-29-23-39(50-11,35(48)49-10)51-34(32(29)42-31(47)26-46-25-28(43-45-46)27-21-19-18-20-22-27)33(54-57(16,17)38(7,8)9)30(24-41-44-40)53-56(14,15)37(4,5)6/h25,27,29-30,32-34H,18-24,26H2,1-17H3,(H,42,47)/t29?,30-,32?,33-,34?,39?/m1/s1. The van der Waals surface area contributed by atoms with Crippen molar-refractivity contribution in [2.75, 3.05) is 20.8 Å². The van der Waals surface area contributed by atoms with Gasteiger partial charge in [-0.05, 0) is 72.8 Å². The zero-order chi connectivity index (χ0) is 43.4. The van der Waals surface area contributed by atoms with Gasteiger partial charge in [0.1, 0.15) is 12.6 Å². The Morgan fingerprint density at radius 2 is 1.51 bits per heavy atom. The zero-order valence-electron chi connectivity index (χ0n) is 38.1. The molecule has 1 aromatic heterocycles. The van der Waals surface area contributed by atoms with Crippen LogP contribution in [-0.4, -0.2) is 109 Å². The van der Waals surface area contributed by atoms with Crippen molar-refractivity contribution in [2.24, 2.45) is 5.11 Å². The van der Waals surface area contributed by atoms with Crippen LogP contribution in [0.25, 0.3) is 10.4 Å². The largest absolute Gasteiger partial charge is 0.465 e. The number of amides is 1. The first-order valence-corrected chi connectivity index (χ1v) is 29.3. The average molecular weight is 854 g/mol. The summed E-state index contributed by atoms with van der Waals surface area (Å²) in [5.41, 5.74) is 10.6. The van der Waals surface area contributed by atoms with Gasteiger partial charge in [0.05, 0.1) is 43.7 Å². The number of carbonyl (C=O) groups is 2. The number of ether oxygens (including phenoxy) is 3. The molecule has 6 atom stereocenters. The first kappa shape index (κ1) is 49.2. The lowest BCUT2D eigenvalue weighted by Crippen LogP contribution is -2.71. The molecule has 0 bridgehead atoms. The van der Waals surface area contributed by atoms with E-state index >= 15 is 0 Å². The maximum absolute atomic E-state index is 14.4. The van der Waals surface area contributed by atoms with Gasteiger partial charge in [-0.3, -0.25) is 4.79 Å². The lowest BCUT2D eigenvalue weighted by molar-refractivity contribution is -0.301. The highest BCUT2D eigenvalue weighted by atomic mass is 28.4. The maximum Gasteiger partial charge on any atom is 0.366 e. The molecule has 0 aromatic carbocycles. The number of azide groups is 1. The Hall–Kier alpha value is -2.16. The van der Waals surface area contributed by atoms with Crippen LogP contribution < -0.4 is 5.32 Å². The fourth-order valence-corrected chi connectivity index (χ4v) is 10.6. The lowest BCUT2D eigenvalue weighted by Gasteiger charge is -2.54. The molecular weight excluding hydrogens is 779 g/mol. The second-order valence-electron chi connectivity index (χ2n) is 20.6. The van der Waals surface area contributed by atoms with E-state index in [4.69, 9.17) is 27.5 Å². The molecule has 1 aromatic rings. The van der Waals surface area contributed by atoms with Gasteiger partial charge in [0.15, 0.2) is 25.0 Å². The van der Waals surface area contributed by atoms with Crippen molar-refractivity contribution in [2.45, 2.75) is 204 Å². The van der Waals surface area contributed by atoms with Crippen LogP contribution in [0.4, 0.5) is 0 Å². The maximum atomic E-state index is 14.4. The fourth-order valence-electron chi connectivity index (χ4n) is 6.67. The van der Waals surface area contributed by atoms with Gasteiger partial charge in [-0.2, -0.15) is 0 Å². The van der Waals surface area contributed by atoms with Gasteiger partial charge in [0, 0.05) is 30.6 Å². The third-order valence-electron chi connectivity index (χ3n) is 13.3. The molecule has 1 saturated carbocycles. The van der Waals surface area contributed by atoms with E-state index in [1.165, 1.54) is 20.6 Å². The smallest absolute Gasteiger partial charge is 0.366 e. The summed E-state index contributed by atoms with van der Waals surface area (Å²) in [5.74, 6) is -2.69. The number of carbonyl (C=O) groups excluding carboxylic acids is 2. The van der Waals surface area contributed by atoms with Gasteiger partial charge in [0.2, 0.25) is 5.91 Å². The van der Waals surface area contributed by atoms with Crippen molar-refractivity contribution in [3.8, 4) is 0 Å². The minimum Gasteiger partial charge on any atom is -0.465 e. The SMILES string of the molecule is COC(=O)C1(OC)CC(O[Si](C)(C)C(C)(C)C)C(NC(=O)Cn2cc(C3CCCCC3)nn2)C([C@H](O[Si](C)(C)C(C)(C)C)[C@@H](CN=[N+]=[N-])O[Si](C)(C)C(C)(C)C)O1. The molecule has 1 amide bonds. The summed E-state index contributed by atoms with van der Waals surface area (Å²) in [6, 6.07) is -0.882. The highest BCUT2D eigenvalue weighted by Gasteiger charge is 2.60. The Morgan fingerprint density at radius 3 is 2.02 bits per heavy atom. The van der Waals surface area contributed by atoms with Crippen LogP contribution in [0.5, 0.6) is 0 Å². The van der Waals surface area contributed by atoms with Crippen LogP contribution in [0.2, 0.25) is 54.4 Å². The van der Waals surface area contributed by atoms with E-state index in [9.17, 15) is 15.1 Å². The molecule has 0 spiro atoms. The summed E-state index contributed by atoms with van der Waals surface area (Å²) < 4.78 is 41.5. The van der Waals surface area contributed by atoms with Crippen LogP contribution >= 0.6 is 0 Å². The Morgan fingerprint density at radius 1 is 0.947 bits per heavy atom. The Balaban J connectivity index is 2.30. The molecule has 1 aliphatic carbocycles. The number of hydrogen-bond acceptors (Lipinski definition) is 11. The highest BCUT2D eigenvalue weighted by molar-refractivity contribution is 6.75. The average Bonchev–Trinajstić information content (AvgIpc) is 3.56. The molecule has 1 aliphatic heterocycles. The molecule has 2 fully saturated rings. The lowest BCUT2D eigenvalue weighted by atomic mass is 9.87. The van der Waals surface area contributed by atoms with E-state index < -0.39 is 67.2 Å². The van der Waals surface area contributed by atoms with Gasteiger partial charge in [-0.1, -0.05) is 91.9 Å². The van der Waals surface area contributed by atoms with Crippen molar-refractivity contribution in [1.82, 2.24) is 20.3 Å². The van der Waals surface area contributed by atoms with Crippen LogP contribution in [-0.2, 0) is 43.6 Å². The highest BCUT2D eigenvalue weighted by Crippen LogP contribution is 2.46. The molecular formula is C39H75N7O8Si3. The molecule has 2 heterocycles. The van der Waals surface area contributed by atoms with Gasteiger partial charge < -0.3 is 32.8 Å². The Bertz CT molecular complexity index is 1560. The normalized spacial score (nSPS) is 24.3. The van der Waals surface area contributed by atoms with E-state index in [0.717, 1.165) is 31.4 Å². The van der Waals surface area contributed by atoms with Crippen LogP contribution in [0.1, 0.15) is 112 Å². The quantitative estimate of drug-likeness (QED) is 0.0556. The zero-order valence-corrected chi connectivity index (χ0v) is 41.1. The number of nitrogens with zero attached hydrogens (tertiary/aromatic N) is 6. The molecule has 1 N–H and O–H groups in total. The number of hydrogen-bond donors (Lipinski definition) is 1. The van der Waals surface area contributed by atoms with Crippen molar-refractivity contribution < 1.29 is 37.1 Å². The van der Waals surface area contributed by atoms with Crippen LogP contribution in [0.15, 0.2) is 11.3 Å². The van der Waals surface area contributed by atoms with Crippen molar-refractivity contribution in [3.05, 3.63) is 22.3 Å². The predicted molar refractivity (Wildman–Crippen MR) is 229 cm³/mol. The van der Waals surface area contributed by atoms with Crippen molar-refractivity contribution in [3.63, 3.8) is 0 Å². The van der Waals surface area contributed by atoms with Gasteiger partial charge in [0.25, 0.3) is 5.79 Å². The number of nitrogens with one attached hydrogen (secondary N) is 1. The van der Waals surface area contributed by atoms with E-state index in [-0.39, 0.29) is 40.5 Å². The molecule has 18 heteroatoms. The minimum atomic E-state index is -2.71.